The minimum atomic E-state index is -1.58. The first-order chi connectivity index (χ1) is 16.6. The van der Waals surface area contributed by atoms with Gasteiger partial charge in [0.05, 0.1) is 11.4 Å². The van der Waals surface area contributed by atoms with Crippen LogP contribution >= 0.6 is 0 Å². The molecule has 1 aromatic carbocycles. The van der Waals surface area contributed by atoms with Crippen LogP contribution in [-0.4, -0.2) is 56.6 Å². The van der Waals surface area contributed by atoms with Crippen molar-refractivity contribution in [2.45, 2.75) is 96.6 Å². The summed E-state index contributed by atoms with van der Waals surface area (Å²) in [5, 5.41) is 22.8. The number of hydrogen-bond donors (Lipinski definition) is 4. The first kappa shape index (κ1) is 25.3. The van der Waals surface area contributed by atoms with E-state index in [4.69, 9.17) is 15.5 Å². The van der Waals surface area contributed by atoms with Gasteiger partial charge in [-0.1, -0.05) is 32.8 Å². The topological polar surface area (TPSA) is 124 Å². The van der Waals surface area contributed by atoms with Gasteiger partial charge in [0, 0.05) is 30.6 Å². The standard InChI is InChI=1S/C26H39N5O4/c1-6-19-22(31(15-10-8-9-11-15)20(7-2)23(32)30(19)5)29-25(27)28-18-13-12-16(24(33)34)17-14-26(3,4)35-21(17)18/h12-13,15,20,24,33-34H,6-11,14H2,1-5H3,(H3,27,28,29). The van der Waals surface area contributed by atoms with Crippen LogP contribution in [0.5, 0.6) is 5.75 Å². The number of amides is 1. The van der Waals surface area contributed by atoms with Gasteiger partial charge in [0.2, 0.25) is 5.91 Å². The molecule has 192 valence electrons. The molecule has 5 N–H and O–H groups in total. The number of aliphatic imine (C=N–C) groups is 1. The second kappa shape index (κ2) is 9.70. The number of likely N-dealkylation sites (N-methyl/N-ethyl adjacent to an activating group) is 1. The highest BCUT2D eigenvalue weighted by molar-refractivity contribution is 5.95. The summed E-state index contributed by atoms with van der Waals surface area (Å²) in [6.45, 7) is 7.98. The summed E-state index contributed by atoms with van der Waals surface area (Å²) in [5.41, 5.74) is 8.63. The number of nitrogens with two attached hydrogens (primary N) is 1. The Morgan fingerprint density at radius 3 is 2.57 bits per heavy atom. The van der Waals surface area contributed by atoms with Crippen LogP contribution in [0, 0.1) is 0 Å². The molecule has 1 aromatic rings. The number of aliphatic hydroxyl groups is 2. The van der Waals surface area contributed by atoms with Gasteiger partial charge in [-0.15, -0.1) is 0 Å². The van der Waals surface area contributed by atoms with Gasteiger partial charge in [0.25, 0.3) is 0 Å². The molecule has 3 aliphatic rings. The van der Waals surface area contributed by atoms with Gasteiger partial charge >= 0.3 is 0 Å². The maximum atomic E-state index is 13.2. The molecule has 1 amide bonds. The number of carbonyl (C=O) groups excluding carboxylic acids is 1. The molecule has 0 bridgehead atoms. The van der Waals surface area contributed by atoms with Crippen molar-refractivity contribution in [3.8, 4) is 5.75 Å². The van der Waals surface area contributed by atoms with E-state index in [1.807, 2.05) is 34.7 Å². The van der Waals surface area contributed by atoms with Crippen molar-refractivity contribution in [1.82, 2.24) is 9.80 Å². The first-order valence-electron chi connectivity index (χ1n) is 12.7. The van der Waals surface area contributed by atoms with Crippen molar-refractivity contribution >= 4 is 17.6 Å². The van der Waals surface area contributed by atoms with Crippen molar-refractivity contribution in [2.24, 2.45) is 10.7 Å². The van der Waals surface area contributed by atoms with Crippen molar-refractivity contribution in [3.05, 3.63) is 34.8 Å². The monoisotopic (exact) mass is 485 g/mol. The first-order valence-corrected chi connectivity index (χ1v) is 12.7. The fourth-order valence-electron chi connectivity index (χ4n) is 5.72. The molecule has 0 radical (unpaired) electrons. The number of hydrogen-bond acceptors (Lipinski definition) is 6. The zero-order valence-electron chi connectivity index (χ0n) is 21.5. The Kier molecular flexibility index (Phi) is 7.02. The molecule has 1 unspecified atom stereocenters. The zero-order valence-corrected chi connectivity index (χ0v) is 21.5. The molecule has 2 heterocycles. The Morgan fingerprint density at radius 2 is 1.97 bits per heavy atom. The second-order valence-electron chi connectivity index (χ2n) is 10.3. The van der Waals surface area contributed by atoms with E-state index in [0.29, 0.717) is 36.3 Å². The number of rotatable bonds is 6. The molecule has 1 atom stereocenters. The SMILES string of the molecule is CCC1=C(N=C(N)Nc2ccc(C(O)O)c3c2OC(C)(C)C3)N(C2CCCC2)C(CC)C(=O)N1C. The summed E-state index contributed by atoms with van der Waals surface area (Å²) in [6, 6.07) is 3.41. The molecule has 0 aromatic heterocycles. The number of ether oxygens (including phenoxy) is 1. The number of benzene rings is 1. The molecule has 0 spiro atoms. The summed E-state index contributed by atoms with van der Waals surface area (Å²) >= 11 is 0. The van der Waals surface area contributed by atoms with E-state index in [0.717, 1.165) is 42.8 Å². The van der Waals surface area contributed by atoms with Crippen LogP contribution in [0.2, 0.25) is 0 Å². The van der Waals surface area contributed by atoms with E-state index < -0.39 is 11.9 Å². The quantitative estimate of drug-likeness (QED) is 0.277. The Labute approximate surface area is 207 Å². The average Bonchev–Trinajstić information content (AvgIpc) is 3.43. The third kappa shape index (κ3) is 4.71. The summed E-state index contributed by atoms with van der Waals surface area (Å²) in [7, 11) is 1.82. The van der Waals surface area contributed by atoms with Crippen molar-refractivity contribution in [2.75, 3.05) is 12.4 Å². The number of nitrogens with one attached hydrogen (secondary N) is 1. The maximum Gasteiger partial charge on any atom is 0.249 e. The maximum absolute atomic E-state index is 13.2. The van der Waals surface area contributed by atoms with Gasteiger partial charge < -0.3 is 35.8 Å². The van der Waals surface area contributed by atoms with Crippen molar-refractivity contribution in [3.63, 3.8) is 0 Å². The zero-order chi connectivity index (χ0) is 25.5. The number of carbonyl (C=O) groups is 1. The number of allylic oxidation sites excluding steroid dienone is 1. The van der Waals surface area contributed by atoms with Gasteiger partial charge in [-0.05, 0) is 45.6 Å². The van der Waals surface area contributed by atoms with Gasteiger partial charge in [0.15, 0.2) is 18.1 Å². The fraction of sp³-hybridized carbons (Fsp3) is 0.615. The summed E-state index contributed by atoms with van der Waals surface area (Å²) < 4.78 is 6.15. The smallest absolute Gasteiger partial charge is 0.249 e. The molecule has 9 heteroatoms. The van der Waals surface area contributed by atoms with Crippen LogP contribution < -0.4 is 15.8 Å². The largest absolute Gasteiger partial charge is 0.485 e. The lowest BCUT2D eigenvalue weighted by Gasteiger charge is -2.44. The average molecular weight is 486 g/mol. The van der Waals surface area contributed by atoms with Crippen LogP contribution in [0.4, 0.5) is 5.69 Å². The van der Waals surface area contributed by atoms with Crippen LogP contribution in [0.15, 0.2) is 28.6 Å². The second-order valence-corrected chi connectivity index (χ2v) is 10.3. The highest BCUT2D eigenvalue weighted by Gasteiger charge is 2.41. The summed E-state index contributed by atoms with van der Waals surface area (Å²) in [4.78, 5) is 22.0. The minimum absolute atomic E-state index is 0.105. The molecule has 4 rings (SSSR count). The predicted octanol–water partition coefficient (Wildman–Crippen LogP) is 3.18. The molecular formula is C26H39N5O4. The molecule has 35 heavy (non-hydrogen) atoms. The van der Waals surface area contributed by atoms with E-state index in [2.05, 4.69) is 10.2 Å². The summed E-state index contributed by atoms with van der Waals surface area (Å²) in [5.74, 6) is 1.60. The Balaban J connectivity index is 1.73. The van der Waals surface area contributed by atoms with Crippen molar-refractivity contribution in [1.29, 1.82) is 0 Å². The lowest BCUT2D eigenvalue weighted by atomic mass is 9.96. The highest BCUT2D eigenvalue weighted by Crippen LogP contribution is 2.44. The Bertz CT molecular complexity index is 1040. The summed E-state index contributed by atoms with van der Waals surface area (Å²) in [6.07, 6.45) is 4.70. The predicted molar refractivity (Wildman–Crippen MR) is 136 cm³/mol. The Hall–Kier alpha value is -2.78. The number of guanidine groups is 1. The highest BCUT2D eigenvalue weighted by atomic mass is 16.5. The van der Waals surface area contributed by atoms with Gasteiger partial charge in [0.1, 0.15) is 17.4 Å². The Morgan fingerprint density at radius 1 is 1.29 bits per heavy atom. The van der Waals surface area contributed by atoms with E-state index in [1.165, 1.54) is 0 Å². The van der Waals surface area contributed by atoms with Crippen LogP contribution in [0.1, 0.15) is 83.6 Å². The van der Waals surface area contributed by atoms with Crippen LogP contribution in [0.25, 0.3) is 0 Å². The molecule has 2 aliphatic heterocycles. The van der Waals surface area contributed by atoms with Gasteiger partial charge in [-0.2, -0.15) is 4.99 Å². The number of fused-ring (bicyclic) bond motifs is 1. The molecule has 9 nitrogen and oxygen atoms in total. The van der Waals surface area contributed by atoms with Crippen molar-refractivity contribution < 1.29 is 19.7 Å². The normalized spacial score (nSPS) is 22.8. The van der Waals surface area contributed by atoms with Crippen LogP contribution in [-0.2, 0) is 11.2 Å². The molecule has 0 saturated heterocycles. The molecule has 1 saturated carbocycles. The number of nitrogens with zero attached hydrogens (tertiary/aromatic N) is 3. The fourth-order valence-corrected chi connectivity index (χ4v) is 5.72. The van der Waals surface area contributed by atoms with Crippen LogP contribution in [0.3, 0.4) is 0 Å². The number of anilines is 1. The molecule has 1 fully saturated rings. The van der Waals surface area contributed by atoms with E-state index in [9.17, 15) is 15.0 Å². The number of aliphatic hydroxyl groups excluding tert-OH is 1. The minimum Gasteiger partial charge on any atom is -0.485 e. The lowest BCUT2D eigenvalue weighted by molar-refractivity contribution is -0.136. The lowest BCUT2D eigenvalue weighted by Crippen LogP contribution is -2.54. The molecular weight excluding hydrogens is 446 g/mol. The van der Waals surface area contributed by atoms with E-state index in [1.54, 1.807) is 17.0 Å². The molecule has 1 aliphatic carbocycles. The third-order valence-corrected chi connectivity index (χ3v) is 7.34. The van der Waals surface area contributed by atoms with Gasteiger partial charge in [-0.25, -0.2) is 0 Å². The van der Waals surface area contributed by atoms with E-state index >= 15 is 0 Å². The van der Waals surface area contributed by atoms with Gasteiger partial charge in [-0.3, -0.25) is 4.79 Å². The van der Waals surface area contributed by atoms with E-state index in [-0.39, 0.29) is 24.0 Å². The third-order valence-electron chi connectivity index (χ3n) is 7.34.